The Labute approximate surface area is 186 Å². The van der Waals surface area contributed by atoms with Gasteiger partial charge in [-0.05, 0) is 43.7 Å². The second-order valence-electron chi connectivity index (χ2n) is 7.88. The molecule has 1 fully saturated rings. The molecule has 1 aliphatic rings. The lowest BCUT2D eigenvalue weighted by molar-refractivity contribution is 0.139. The minimum Gasteiger partial charge on any atom is -0.298 e. The molecule has 1 atom stereocenters. The molecule has 4 rings (SSSR count). The van der Waals surface area contributed by atoms with Crippen LogP contribution in [0.5, 0.6) is 0 Å². The van der Waals surface area contributed by atoms with Crippen LogP contribution in [-0.2, 0) is 17.1 Å². The second-order valence-corrected chi connectivity index (χ2v) is 10.2. The zero-order chi connectivity index (χ0) is 22.3. The number of hydrogen-bond acceptors (Lipinski definition) is 5. The molecule has 31 heavy (non-hydrogen) atoms. The highest BCUT2D eigenvalue weighted by Gasteiger charge is 2.32. The van der Waals surface area contributed by atoms with Gasteiger partial charge in [-0.2, -0.15) is 4.31 Å². The van der Waals surface area contributed by atoms with Gasteiger partial charge in [0.05, 0.1) is 21.8 Å². The average molecular weight is 461 g/mol. The van der Waals surface area contributed by atoms with Crippen LogP contribution >= 0.6 is 11.6 Å². The van der Waals surface area contributed by atoms with E-state index in [4.69, 9.17) is 16.6 Å². The number of rotatable bonds is 4. The van der Waals surface area contributed by atoms with Gasteiger partial charge in [0.15, 0.2) is 0 Å². The van der Waals surface area contributed by atoms with Gasteiger partial charge < -0.3 is 0 Å². The van der Waals surface area contributed by atoms with Crippen molar-refractivity contribution in [2.75, 3.05) is 26.2 Å². The minimum absolute atomic E-state index is 0.138. The maximum absolute atomic E-state index is 13.1. The Kier molecular flexibility index (Phi) is 5.91. The smallest absolute Gasteiger partial charge is 0.261 e. The second kappa shape index (κ2) is 8.35. The van der Waals surface area contributed by atoms with Gasteiger partial charge in [-0.3, -0.25) is 14.3 Å². The number of sulfonamides is 1. The molecule has 1 unspecified atom stereocenters. The van der Waals surface area contributed by atoms with Gasteiger partial charge >= 0.3 is 0 Å². The van der Waals surface area contributed by atoms with E-state index >= 15 is 0 Å². The lowest BCUT2D eigenvalue weighted by atomic mass is 10.2. The first-order chi connectivity index (χ1) is 14.7. The van der Waals surface area contributed by atoms with Crippen molar-refractivity contribution in [3.05, 3.63) is 69.2 Å². The lowest BCUT2D eigenvalue weighted by Crippen LogP contribution is -2.49. The summed E-state index contributed by atoms with van der Waals surface area (Å²) in [7, 11) is -1.82. The summed E-state index contributed by atoms with van der Waals surface area (Å²) in [4.78, 5) is 20.0. The van der Waals surface area contributed by atoms with E-state index in [-0.39, 0.29) is 11.6 Å². The summed E-state index contributed by atoms with van der Waals surface area (Å²) in [6, 6.07) is 12.0. The molecule has 1 saturated heterocycles. The summed E-state index contributed by atoms with van der Waals surface area (Å²) in [5.41, 5.74) is 1.21. The Bertz CT molecular complexity index is 1300. The molecule has 0 radical (unpaired) electrons. The summed E-state index contributed by atoms with van der Waals surface area (Å²) in [5.74, 6) is 0.648. The third-order valence-corrected chi connectivity index (χ3v) is 8.27. The van der Waals surface area contributed by atoms with Crippen molar-refractivity contribution in [3.63, 3.8) is 0 Å². The monoisotopic (exact) mass is 460 g/mol. The first-order valence-electron chi connectivity index (χ1n) is 10.2. The van der Waals surface area contributed by atoms with E-state index in [0.29, 0.717) is 52.8 Å². The fourth-order valence-electron chi connectivity index (χ4n) is 4.11. The van der Waals surface area contributed by atoms with Gasteiger partial charge in [-0.25, -0.2) is 13.4 Å². The Morgan fingerprint density at radius 1 is 1.06 bits per heavy atom. The maximum Gasteiger partial charge on any atom is 0.261 e. The number of halogens is 1. The quantitative estimate of drug-likeness (QED) is 0.598. The van der Waals surface area contributed by atoms with Crippen molar-refractivity contribution in [1.29, 1.82) is 0 Å². The third kappa shape index (κ3) is 4.01. The average Bonchev–Trinajstić information content (AvgIpc) is 2.76. The largest absolute Gasteiger partial charge is 0.298 e. The summed E-state index contributed by atoms with van der Waals surface area (Å²) in [5, 5.41) is 0.985. The van der Waals surface area contributed by atoms with Crippen molar-refractivity contribution < 1.29 is 8.42 Å². The fourth-order valence-corrected chi connectivity index (χ4v) is 5.93. The first-order valence-corrected chi connectivity index (χ1v) is 12.0. The van der Waals surface area contributed by atoms with Gasteiger partial charge in [0.1, 0.15) is 5.82 Å². The van der Waals surface area contributed by atoms with Crippen LogP contribution in [0, 0.1) is 6.92 Å². The number of hydrogen-bond donors (Lipinski definition) is 0. The summed E-state index contributed by atoms with van der Waals surface area (Å²) >= 11 is 6.03. The highest BCUT2D eigenvalue weighted by molar-refractivity contribution is 7.89. The highest BCUT2D eigenvalue weighted by atomic mass is 35.5. The molecular weight excluding hydrogens is 436 g/mol. The Balaban J connectivity index is 1.56. The van der Waals surface area contributed by atoms with Crippen molar-refractivity contribution in [2.24, 2.45) is 7.05 Å². The first kappa shape index (κ1) is 22.0. The van der Waals surface area contributed by atoms with Crippen LogP contribution in [0.4, 0.5) is 0 Å². The van der Waals surface area contributed by atoms with Gasteiger partial charge in [-0.1, -0.05) is 29.8 Å². The van der Waals surface area contributed by atoms with Crippen molar-refractivity contribution in [3.8, 4) is 0 Å². The van der Waals surface area contributed by atoms with Crippen molar-refractivity contribution in [1.82, 2.24) is 18.8 Å². The SMILES string of the molecule is Cc1ccccc1S(=O)(=O)N1CCN(C(C)c2nc3ccc(Cl)cc3c(=O)n2C)CC1. The molecule has 1 aliphatic heterocycles. The molecule has 2 heterocycles. The molecule has 0 spiro atoms. The van der Waals surface area contributed by atoms with Crippen molar-refractivity contribution in [2.45, 2.75) is 24.8 Å². The van der Waals surface area contributed by atoms with Gasteiger partial charge in [0, 0.05) is 38.2 Å². The highest BCUT2D eigenvalue weighted by Crippen LogP contribution is 2.25. The molecule has 7 nitrogen and oxygen atoms in total. The van der Waals surface area contributed by atoms with E-state index in [1.165, 1.54) is 4.31 Å². The van der Waals surface area contributed by atoms with E-state index in [0.717, 1.165) is 5.56 Å². The van der Waals surface area contributed by atoms with Crippen molar-refractivity contribution >= 4 is 32.5 Å². The zero-order valence-electron chi connectivity index (χ0n) is 17.7. The number of piperazine rings is 1. The Morgan fingerprint density at radius 2 is 1.74 bits per heavy atom. The Morgan fingerprint density at radius 3 is 2.42 bits per heavy atom. The molecule has 2 aromatic carbocycles. The normalized spacial score (nSPS) is 17.2. The van der Waals surface area contributed by atoms with Gasteiger partial charge in [0.25, 0.3) is 5.56 Å². The number of fused-ring (bicyclic) bond motifs is 1. The van der Waals surface area contributed by atoms with Crippen LogP contribution in [0.2, 0.25) is 5.02 Å². The van der Waals surface area contributed by atoms with E-state index in [1.807, 2.05) is 26.0 Å². The van der Waals surface area contributed by atoms with Gasteiger partial charge in [-0.15, -0.1) is 0 Å². The molecular formula is C22H25ClN4O3S. The summed E-state index contributed by atoms with van der Waals surface area (Å²) < 4.78 is 29.2. The standard InChI is InChI=1S/C22H25ClN4O3S/c1-15-6-4-5-7-20(15)31(29,30)27-12-10-26(11-13-27)16(2)21-24-19-9-8-17(23)14-18(19)22(28)25(21)3/h4-9,14,16H,10-13H2,1-3H3. The fraction of sp³-hybridized carbons (Fsp3) is 0.364. The van der Waals surface area contributed by atoms with Crippen LogP contribution in [-0.4, -0.2) is 53.4 Å². The molecule has 0 aliphatic carbocycles. The third-order valence-electron chi connectivity index (χ3n) is 5.98. The summed E-state index contributed by atoms with van der Waals surface area (Å²) in [6.45, 7) is 5.69. The van der Waals surface area contributed by atoms with Crippen LogP contribution in [0.3, 0.4) is 0 Å². The summed E-state index contributed by atoms with van der Waals surface area (Å²) in [6.07, 6.45) is 0. The van der Waals surface area contributed by atoms with Gasteiger partial charge in [0.2, 0.25) is 10.0 Å². The van der Waals surface area contributed by atoms with Crippen LogP contribution in [0.15, 0.2) is 52.2 Å². The molecule has 0 bridgehead atoms. The van der Waals surface area contributed by atoms with Crippen LogP contribution in [0.25, 0.3) is 10.9 Å². The maximum atomic E-state index is 13.1. The number of aromatic nitrogens is 2. The Hall–Kier alpha value is -2.26. The predicted octanol–water partition coefficient (Wildman–Crippen LogP) is 2.96. The zero-order valence-corrected chi connectivity index (χ0v) is 19.3. The molecule has 0 N–H and O–H groups in total. The van der Waals surface area contributed by atoms with Crippen LogP contribution < -0.4 is 5.56 Å². The number of aryl methyl sites for hydroxylation is 1. The molecule has 0 saturated carbocycles. The number of nitrogens with zero attached hydrogens (tertiary/aromatic N) is 4. The lowest BCUT2D eigenvalue weighted by Gasteiger charge is -2.37. The van der Waals surface area contributed by atoms with Crippen LogP contribution in [0.1, 0.15) is 24.4 Å². The molecule has 1 aromatic heterocycles. The topological polar surface area (TPSA) is 75.5 Å². The molecule has 3 aromatic rings. The molecule has 0 amide bonds. The minimum atomic E-state index is -3.53. The number of benzene rings is 2. The van der Waals surface area contributed by atoms with E-state index in [2.05, 4.69) is 4.90 Å². The van der Waals surface area contributed by atoms with E-state index in [1.54, 1.807) is 41.9 Å². The molecule has 9 heteroatoms. The van der Waals surface area contributed by atoms with E-state index < -0.39 is 10.0 Å². The predicted molar refractivity (Wildman–Crippen MR) is 122 cm³/mol. The van der Waals surface area contributed by atoms with E-state index in [9.17, 15) is 13.2 Å². The molecule has 164 valence electrons.